The van der Waals surface area contributed by atoms with E-state index in [1.807, 2.05) is 0 Å². The molecule has 124 valence electrons. The number of nitrogens with one attached hydrogen (secondary N) is 2. The van der Waals surface area contributed by atoms with Crippen LogP contribution >= 0.6 is 0 Å². The van der Waals surface area contributed by atoms with Crippen molar-refractivity contribution in [2.45, 2.75) is 4.90 Å². The van der Waals surface area contributed by atoms with Crippen molar-refractivity contribution in [2.24, 2.45) is 0 Å². The molecule has 0 amide bonds. The molecule has 9 heteroatoms. The quantitative estimate of drug-likeness (QED) is 0.759. The Bertz CT molecular complexity index is 1060. The number of fused-ring (bicyclic) bond motifs is 2. The van der Waals surface area contributed by atoms with Gasteiger partial charge in [0.1, 0.15) is 16.5 Å². The van der Waals surface area contributed by atoms with Crippen molar-refractivity contribution >= 4 is 26.6 Å². The van der Waals surface area contributed by atoms with Gasteiger partial charge in [-0.05, 0) is 18.2 Å². The van der Waals surface area contributed by atoms with E-state index in [0.29, 0.717) is 22.4 Å². The largest absolute Gasteiger partial charge is 0.454 e. The first-order valence-electron chi connectivity index (χ1n) is 6.83. The standard InChI is InChI=1S/C15H10F2N2O4S/c16-8-1-2-10(17)12(3-8)19-24(20,21)15-6-18-11-5-14-13(4-9(11)15)22-7-23-14/h1-6,18-19H,7H2. The predicted octanol–water partition coefficient (Wildman–Crippen LogP) is 2.98. The first kappa shape index (κ1) is 14.8. The number of hydrogen-bond acceptors (Lipinski definition) is 4. The molecule has 0 aliphatic carbocycles. The van der Waals surface area contributed by atoms with Crippen LogP contribution in [-0.4, -0.2) is 20.2 Å². The maximum Gasteiger partial charge on any atom is 0.264 e. The van der Waals surface area contributed by atoms with Crippen molar-refractivity contribution in [1.82, 2.24) is 4.98 Å². The van der Waals surface area contributed by atoms with Crippen molar-refractivity contribution in [1.29, 1.82) is 0 Å². The van der Waals surface area contributed by atoms with Crippen molar-refractivity contribution in [3.63, 3.8) is 0 Å². The fraction of sp³-hybridized carbons (Fsp3) is 0.0667. The molecule has 0 saturated carbocycles. The molecule has 2 N–H and O–H groups in total. The predicted molar refractivity (Wildman–Crippen MR) is 81.6 cm³/mol. The number of halogens is 2. The summed E-state index contributed by atoms with van der Waals surface area (Å²) in [5.74, 6) is -0.721. The van der Waals surface area contributed by atoms with Gasteiger partial charge in [-0.25, -0.2) is 17.2 Å². The molecule has 2 aromatic carbocycles. The van der Waals surface area contributed by atoms with Crippen LogP contribution in [0.1, 0.15) is 0 Å². The van der Waals surface area contributed by atoms with Gasteiger partial charge in [0.05, 0.1) is 11.2 Å². The van der Waals surface area contributed by atoms with E-state index in [2.05, 4.69) is 9.71 Å². The summed E-state index contributed by atoms with van der Waals surface area (Å²) in [6.45, 7) is 0.0524. The molecule has 0 atom stereocenters. The molecule has 6 nitrogen and oxygen atoms in total. The summed E-state index contributed by atoms with van der Waals surface area (Å²) in [4.78, 5) is 2.70. The fourth-order valence-electron chi connectivity index (χ4n) is 2.48. The van der Waals surface area contributed by atoms with E-state index in [1.165, 1.54) is 12.3 Å². The Hall–Kier alpha value is -2.81. The molecule has 0 unspecified atom stereocenters. The second kappa shape index (κ2) is 5.10. The lowest BCUT2D eigenvalue weighted by molar-refractivity contribution is 0.174. The summed E-state index contributed by atoms with van der Waals surface area (Å²) in [6, 6.07) is 5.65. The van der Waals surface area contributed by atoms with Crippen LogP contribution in [0.15, 0.2) is 41.4 Å². The van der Waals surface area contributed by atoms with E-state index in [4.69, 9.17) is 9.47 Å². The molecule has 0 saturated heterocycles. The van der Waals surface area contributed by atoms with Crippen LogP contribution in [0.4, 0.5) is 14.5 Å². The van der Waals surface area contributed by atoms with Crippen molar-refractivity contribution in [3.8, 4) is 11.5 Å². The van der Waals surface area contributed by atoms with Crippen LogP contribution < -0.4 is 14.2 Å². The third kappa shape index (κ3) is 2.33. The summed E-state index contributed by atoms with van der Waals surface area (Å²) >= 11 is 0. The lowest BCUT2D eigenvalue weighted by Gasteiger charge is -2.08. The Morgan fingerprint density at radius 1 is 1.08 bits per heavy atom. The second-order valence-electron chi connectivity index (χ2n) is 5.13. The van der Waals surface area contributed by atoms with Gasteiger partial charge in [-0.2, -0.15) is 0 Å². The lowest BCUT2D eigenvalue weighted by Crippen LogP contribution is -2.13. The van der Waals surface area contributed by atoms with Crippen LogP contribution in [0.2, 0.25) is 0 Å². The zero-order valence-corrected chi connectivity index (χ0v) is 12.8. The van der Waals surface area contributed by atoms with Gasteiger partial charge < -0.3 is 14.5 Å². The molecule has 1 aliphatic heterocycles. The first-order valence-corrected chi connectivity index (χ1v) is 8.31. The highest BCUT2D eigenvalue weighted by molar-refractivity contribution is 7.93. The summed E-state index contributed by atoms with van der Waals surface area (Å²) in [7, 11) is -4.14. The van der Waals surface area contributed by atoms with Crippen molar-refractivity contribution in [2.75, 3.05) is 11.5 Å². The zero-order valence-electron chi connectivity index (χ0n) is 12.0. The highest BCUT2D eigenvalue weighted by Gasteiger charge is 2.24. The summed E-state index contributed by atoms with van der Waals surface area (Å²) in [6.07, 6.45) is 1.26. The van der Waals surface area contributed by atoms with Gasteiger partial charge in [-0.1, -0.05) is 0 Å². The normalized spacial score (nSPS) is 13.4. The Morgan fingerprint density at radius 2 is 1.83 bits per heavy atom. The molecule has 0 fully saturated rings. The molecule has 4 rings (SSSR count). The highest BCUT2D eigenvalue weighted by Crippen LogP contribution is 2.38. The van der Waals surface area contributed by atoms with Crippen LogP contribution in [-0.2, 0) is 10.0 Å². The topological polar surface area (TPSA) is 80.4 Å². The molecule has 24 heavy (non-hydrogen) atoms. The average molecular weight is 352 g/mol. The molecule has 0 radical (unpaired) electrons. The lowest BCUT2D eigenvalue weighted by atomic mass is 10.2. The van der Waals surface area contributed by atoms with Gasteiger partial charge in [-0.3, -0.25) is 4.72 Å². The third-order valence-corrected chi connectivity index (χ3v) is 5.00. The van der Waals surface area contributed by atoms with Gasteiger partial charge >= 0.3 is 0 Å². The van der Waals surface area contributed by atoms with Crippen LogP contribution in [0.25, 0.3) is 10.9 Å². The van der Waals surface area contributed by atoms with Crippen molar-refractivity contribution < 1.29 is 26.7 Å². The van der Waals surface area contributed by atoms with Gasteiger partial charge in [0.25, 0.3) is 10.0 Å². The number of benzene rings is 2. The monoisotopic (exact) mass is 352 g/mol. The van der Waals surface area contributed by atoms with E-state index in [9.17, 15) is 17.2 Å². The van der Waals surface area contributed by atoms with Crippen molar-refractivity contribution in [3.05, 3.63) is 48.2 Å². The molecule has 1 aromatic heterocycles. The van der Waals surface area contributed by atoms with Gasteiger partial charge in [-0.15, -0.1) is 0 Å². The van der Waals surface area contributed by atoms with Crippen LogP contribution in [0.5, 0.6) is 11.5 Å². The Balaban J connectivity index is 1.80. The minimum Gasteiger partial charge on any atom is -0.454 e. The first-order chi connectivity index (χ1) is 11.4. The van der Waals surface area contributed by atoms with Crippen LogP contribution in [0, 0.1) is 11.6 Å². The number of H-pyrrole nitrogens is 1. The van der Waals surface area contributed by atoms with Gasteiger partial charge in [0.15, 0.2) is 11.5 Å². The van der Waals surface area contributed by atoms with E-state index in [1.54, 1.807) is 6.07 Å². The molecule has 0 bridgehead atoms. The number of sulfonamides is 1. The number of anilines is 1. The Labute approximate surface area is 135 Å². The molecular formula is C15H10F2N2O4S. The highest BCUT2D eigenvalue weighted by atomic mass is 32.2. The van der Waals surface area contributed by atoms with Gasteiger partial charge in [0.2, 0.25) is 6.79 Å². The number of hydrogen-bond donors (Lipinski definition) is 2. The third-order valence-electron chi connectivity index (χ3n) is 3.60. The van der Waals surface area contributed by atoms with Crippen LogP contribution in [0.3, 0.4) is 0 Å². The summed E-state index contributed by atoms with van der Waals surface area (Å²) in [5.41, 5.74) is 0.0458. The molecule has 0 spiro atoms. The molecule has 1 aliphatic rings. The maximum atomic E-state index is 13.7. The smallest absolute Gasteiger partial charge is 0.264 e. The average Bonchev–Trinajstić information content (AvgIpc) is 3.14. The Morgan fingerprint density at radius 3 is 2.62 bits per heavy atom. The summed E-state index contributed by atoms with van der Waals surface area (Å²) in [5, 5.41) is 0.351. The van der Waals surface area contributed by atoms with E-state index in [-0.39, 0.29) is 11.7 Å². The second-order valence-corrected chi connectivity index (χ2v) is 6.78. The minimum absolute atomic E-state index is 0.0524. The fourth-order valence-corrected chi connectivity index (χ4v) is 3.71. The summed E-state index contributed by atoms with van der Waals surface area (Å²) < 4.78 is 64.5. The number of aromatic nitrogens is 1. The molecule has 3 aromatic rings. The molecular weight excluding hydrogens is 342 g/mol. The number of ether oxygens (including phenoxy) is 2. The van der Waals surface area contributed by atoms with E-state index in [0.717, 1.165) is 18.2 Å². The number of aromatic amines is 1. The minimum atomic E-state index is -4.14. The van der Waals surface area contributed by atoms with E-state index >= 15 is 0 Å². The van der Waals surface area contributed by atoms with E-state index < -0.39 is 27.3 Å². The Kier molecular flexibility index (Phi) is 3.14. The maximum absolute atomic E-state index is 13.7. The SMILES string of the molecule is O=S(=O)(Nc1cc(F)ccc1F)c1c[nH]c2cc3c(cc12)OCO3. The number of rotatable bonds is 3. The van der Waals surface area contributed by atoms with Gasteiger partial charge in [0, 0.05) is 23.7 Å². The zero-order chi connectivity index (χ0) is 16.9. The molecule has 2 heterocycles.